The van der Waals surface area contributed by atoms with Gasteiger partial charge in [-0.3, -0.25) is 4.68 Å². The van der Waals surface area contributed by atoms with Crippen LogP contribution in [0.4, 0.5) is 5.82 Å². The number of benzene rings is 1. The van der Waals surface area contributed by atoms with Gasteiger partial charge in [0.1, 0.15) is 5.82 Å². The molecule has 6 heteroatoms. The van der Waals surface area contributed by atoms with Crippen LogP contribution in [-0.4, -0.2) is 19.7 Å². The largest absolute Gasteiger partial charge is 0.308 e. The molecule has 3 aromatic rings. The van der Waals surface area contributed by atoms with Crippen molar-refractivity contribution in [3.8, 4) is 22.6 Å². The molecule has 2 aromatic heterocycles. The van der Waals surface area contributed by atoms with Crippen LogP contribution in [0.5, 0.6) is 0 Å². The van der Waals surface area contributed by atoms with Gasteiger partial charge in [-0.15, -0.1) is 0 Å². The van der Waals surface area contributed by atoms with Crippen molar-refractivity contribution < 1.29 is 0 Å². The fourth-order valence-electron chi connectivity index (χ4n) is 2.06. The van der Waals surface area contributed by atoms with E-state index < -0.39 is 0 Å². The maximum atomic E-state index is 5.51. The lowest BCUT2D eigenvalue weighted by Crippen LogP contribution is -2.09. The maximum absolute atomic E-state index is 5.51. The Morgan fingerprint density at radius 3 is 2.62 bits per heavy atom. The van der Waals surface area contributed by atoms with Gasteiger partial charge in [-0.05, 0) is 6.92 Å². The summed E-state index contributed by atoms with van der Waals surface area (Å²) >= 11 is 0. The van der Waals surface area contributed by atoms with Crippen LogP contribution in [0.3, 0.4) is 0 Å². The molecule has 0 saturated carbocycles. The summed E-state index contributed by atoms with van der Waals surface area (Å²) in [5.74, 6) is 6.69. The highest BCUT2D eigenvalue weighted by Gasteiger charge is 2.09. The fourth-order valence-corrected chi connectivity index (χ4v) is 2.06. The molecule has 0 fully saturated rings. The molecule has 2 heterocycles. The van der Waals surface area contributed by atoms with Gasteiger partial charge < -0.3 is 5.43 Å². The van der Waals surface area contributed by atoms with E-state index in [1.54, 1.807) is 6.20 Å². The number of nitrogens with zero attached hydrogens (tertiary/aromatic N) is 4. The number of aryl methyl sites for hydroxylation is 1. The Hall–Kier alpha value is -2.73. The molecule has 0 amide bonds. The molecule has 0 saturated heterocycles. The fraction of sp³-hybridized carbons (Fsp3) is 0.133. The van der Waals surface area contributed by atoms with Gasteiger partial charge in [-0.2, -0.15) is 5.10 Å². The number of aromatic nitrogens is 4. The molecule has 0 radical (unpaired) electrons. The van der Waals surface area contributed by atoms with E-state index in [1.807, 2.05) is 54.2 Å². The van der Waals surface area contributed by atoms with Gasteiger partial charge in [0.2, 0.25) is 0 Å². The van der Waals surface area contributed by atoms with Crippen LogP contribution in [0.2, 0.25) is 0 Å². The topological polar surface area (TPSA) is 81.7 Å². The second-order valence-corrected chi connectivity index (χ2v) is 4.56. The van der Waals surface area contributed by atoms with E-state index >= 15 is 0 Å². The van der Waals surface area contributed by atoms with E-state index in [0.717, 1.165) is 23.4 Å². The maximum Gasteiger partial charge on any atom is 0.165 e. The molecule has 0 atom stereocenters. The summed E-state index contributed by atoms with van der Waals surface area (Å²) in [6.07, 6.45) is 3.68. The number of nitrogens with two attached hydrogens (primary N) is 1. The van der Waals surface area contributed by atoms with E-state index in [1.165, 1.54) is 0 Å². The summed E-state index contributed by atoms with van der Waals surface area (Å²) < 4.78 is 1.84. The Kier molecular flexibility index (Phi) is 3.61. The zero-order valence-corrected chi connectivity index (χ0v) is 11.7. The zero-order valence-electron chi connectivity index (χ0n) is 11.7. The third-order valence-corrected chi connectivity index (χ3v) is 3.16. The number of hydrogen-bond donors (Lipinski definition) is 2. The molecule has 3 N–H and O–H groups in total. The molecule has 0 aliphatic rings. The number of hydrazine groups is 1. The quantitative estimate of drug-likeness (QED) is 0.566. The zero-order chi connectivity index (χ0) is 14.7. The standard InChI is InChI=1S/C15H16N6/c1-2-21-10-12(9-17-21)15-18-13(8-14(19-15)20-16)11-6-4-3-5-7-11/h3-10H,2,16H2,1H3,(H,18,19,20). The highest BCUT2D eigenvalue weighted by Crippen LogP contribution is 2.23. The smallest absolute Gasteiger partial charge is 0.165 e. The second kappa shape index (κ2) is 5.72. The van der Waals surface area contributed by atoms with E-state index in [4.69, 9.17) is 5.84 Å². The van der Waals surface area contributed by atoms with Gasteiger partial charge in [-0.1, -0.05) is 30.3 Å². The summed E-state index contributed by atoms with van der Waals surface area (Å²) in [5, 5.41) is 4.25. The van der Waals surface area contributed by atoms with Crippen LogP contribution in [0, 0.1) is 0 Å². The van der Waals surface area contributed by atoms with Crippen molar-refractivity contribution in [1.82, 2.24) is 19.7 Å². The summed E-state index contributed by atoms with van der Waals surface area (Å²) in [6, 6.07) is 11.7. The SMILES string of the molecule is CCn1cc(-c2nc(NN)cc(-c3ccccc3)n2)cn1. The van der Waals surface area contributed by atoms with Crippen LogP contribution in [0.25, 0.3) is 22.6 Å². The normalized spacial score (nSPS) is 10.6. The molecule has 0 unspecified atom stereocenters. The van der Waals surface area contributed by atoms with E-state index in [2.05, 4.69) is 20.5 Å². The van der Waals surface area contributed by atoms with E-state index in [9.17, 15) is 0 Å². The van der Waals surface area contributed by atoms with Crippen LogP contribution in [0.1, 0.15) is 6.92 Å². The Bertz CT molecular complexity index is 735. The van der Waals surface area contributed by atoms with Crippen LogP contribution in [-0.2, 0) is 6.54 Å². The molecule has 0 bridgehead atoms. The molecule has 21 heavy (non-hydrogen) atoms. The number of nitrogens with one attached hydrogen (secondary N) is 1. The molecule has 3 rings (SSSR count). The lowest BCUT2D eigenvalue weighted by atomic mass is 10.1. The first kappa shape index (κ1) is 13.3. The van der Waals surface area contributed by atoms with Crippen molar-refractivity contribution in [2.75, 3.05) is 5.43 Å². The summed E-state index contributed by atoms with van der Waals surface area (Å²) in [5.41, 5.74) is 5.29. The van der Waals surface area contributed by atoms with Gasteiger partial charge in [0, 0.05) is 24.4 Å². The molecule has 1 aromatic carbocycles. The predicted octanol–water partition coefficient (Wildman–Crippen LogP) is 2.31. The third kappa shape index (κ3) is 2.75. The highest BCUT2D eigenvalue weighted by molar-refractivity contribution is 5.66. The molecule has 0 aliphatic carbocycles. The predicted molar refractivity (Wildman–Crippen MR) is 82.2 cm³/mol. The summed E-state index contributed by atoms with van der Waals surface area (Å²) in [6.45, 7) is 2.84. The Labute approximate surface area is 122 Å². The van der Waals surface area contributed by atoms with Crippen molar-refractivity contribution >= 4 is 5.82 Å². The monoisotopic (exact) mass is 280 g/mol. The lowest BCUT2D eigenvalue weighted by molar-refractivity contribution is 0.660. The van der Waals surface area contributed by atoms with E-state index in [-0.39, 0.29) is 0 Å². The summed E-state index contributed by atoms with van der Waals surface area (Å²) in [7, 11) is 0. The Morgan fingerprint density at radius 2 is 1.95 bits per heavy atom. The third-order valence-electron chi connectivity index (χ3n) is 3.16. The number of nitrogen functional groups attached to an aromatic ring is 1. The van der Waals surface area contributed by atoms with Crippen LogP contribution in [0.15, 0.2) is 48.8 Å². The number of anilines is 1. The van der Waals surface area contributed by atoms with Crippen LogP contribution >= 0.6 is 0 Å². The highest BCUT2D eigenvalue weighted by atomic mass is 15.3. The molecule has 0 spiro atoms. The minimum Gasteiger partial charge on any atom is -0.308 e. The van der Waals surface area contributed by atoms with Gasteiger partial charge in [0.15, 0.2) is 5.82 Å². The van der Waals surface area contributed by atoms with Crippen molar-refractivity contribution in [2.24, 2.45) is 5.84 Å². The van der Waals surface area contributed by atoms with Crippen LogP contribution < -0.4 is 11.3 Å². The van der Waals surface area contributed by atoms with Crippen molar-refractivity contribution in [1.29, 1.82) is 0 Å². The molecule has 6 nitrogen and oxygen atoms in total. The first-order valence-corrected chi connectivity index (χ1v) is 6.74. The minimum absolute atomic E-state index is 0.572. The van der Waals surface area contributed by atoms with Gasteiger partial charge in [0.25, 0.3) is 0 Å². The lowest BCUT2D eigenvalue weighted by Gasteiger charge is -2.06. The summed E-state index contributed by atoms with van der Waals surface area (Å²) in [4.78, 5) is 9.00. The molecular weight excluding hydrogens is 264 g/mol. The minimum atomic E-state index is 0.572. The van der Waals surface area contributed by atoms with Crippen molar-refractivity contribution in [2.45, 2.75) is 13.5 Å². The first-order valence-electron chi connectivity index (χ1n) is 6.74. The molecule has 106 valence electrons. The number of rotatable bonds is 4. The van der Waals surface area contributed by atoms with Gasteiger partial charge >= 0.3 is 0 Å². The van der Waals surface area contributed by atoms with E-state index in [0.29, 0.717) is 11.6 Å². The molecule has 0 aliphatic heterocycles. The van der Waals surface area contributed by atoms with Gasteiger partial charge in [0.05, 0.1) is 17.5 Å². The van der Waals surface area contributed by atoms with Crippen molar-refractivity contribution in [3.05, 3.63) is 48.8 Å². The van der Waals surface area contributed by atoms with Gasteiger partial charge in [-0.25, -0.2) is 15.8 Å². The second-order valence-electron chi connectivity index (χ2n) is 4.56. The Balaban J connectivity index is 2.09. The number of hydrogen-bond acceptors (Lipinski definition) is 5. The first-order chi connectivity index (χ1) is 10.3. The Morgan fingerprint density at radius 1 is 1.14 bits per heavy atom. The average molecular weight is 280 g/mol. The van der Waals surface area contributed by atoms with Crippen molar-refractivity contribution in [3.63, 3.8) is 0 Å². The average Bonchev–Trinajstić information content (AvgIpc) is 3.04. The molecular formula is C15H16N6.